The fourth-order valence-corrected chi connectivity index (χ4v) is 1.55. The average molecular weight is 200 g/mol. The van der Waals surface area contributed by atoms with Gasteiger partial charge in [0.15, 0.2) is 11.9 Å². The third-order valence-electron chi connectivity index (χ3n) is 2.19. The van der Waals surface area contributed by atoms with Gasteiger partial charge >= 0.3 is 5.97 Å². The summed E-state index contributed by atoms with van der Waals surface area (Å²) in [5.41, 5.74) is -0.864. The molecule has 0 rings (SSSR count). The third-order valence-corrected chi connectivity index (χ3v) is 2.19. The molecule has 3 heteroatoms. The molecule has 0 heterocycles. The van der Waals surface area contributed by atoms with E-state index in [2.05, 4.69) is 6.92 Å². The van der Waals surface area contributed by atoms with E-state index in [4.69, 9.17) is 4.74 Å². The lowest BCUT2D eigenvalue weighted by Crippen LogP contribution is -2.36. The van der Waals surface area contributed by atoms with E-state index < -0.39 is 5.60 Å². The number of carbonyl (C=O) groups excluding carboxylic acids is 2. The zero-order valence-corrected chi connectivity index (χ0v) is 9.34. The molecule has 0 aliphatic rings. The number of aldehydes is 1. The minimum Gasteiger partial charge on any atom is -0.452 e. The molecule has 3 nitrogen and oxygen atoms in total. The molecule has 0 aromatic rings. The van der Waals surface area contributed by atoms with Crippen LogP contribution in [0.5, 0.6) is 0 Å². The van der Waals surface area contributed by atoms with Crippen LogP contribution in [-0.2, 0) is 14.3 Å². The van der Waals surface area contributed by atoms with Crippen molar-refractivity contribution in [2.45, 2.75) is 58.5 Å². The summed E-state index contributed by atoms with van der Waals surface area (Å²) in [6.07, 6.45) is 4.80. The van der Waals surface area contributed by atoms with Crippen molar-refractivity contribution in [3.05, 3.63) is 0 Å². The molecule has 0 saturated heterocycles. The van der Waals surface area contributed by atoms with Crippen molar-refractivity contribution in [1.82, 2.24) is 0 Å². The first-order valence-corrected chi connectivity index (χ1v) is 5.26. The first-order chi connectivity index (χ1) is 6.60. The molecule has 0 aliphatic carbocycles. The summed E-state index contributed by atoms with van der Waals surface area (Å²) < 4.78 is 5.12. The van der Waals surface area contributed by atoms with Crippen LogP contribution in [0.25, 0.3) is 0 Å². The zero-order valence-electron chi connectivity index (χ0n) is 9.34. The quantitative estimate of drug-likeness (QED) is 0.468. The highest BCUT2D eigenvalue weighted by molar-refractivity contribution is 5.72. The topological polar surface area (TPSA) is 43.4 Å². The van der Waals surface area contributed by atoms with Crippen molar-refractivity contribution < 1.29 is 14.3 Å². The molecule has 0 fully saturated rings. The molecule has 0 bridgehead atoms. The van der Waals surface area contributed by atoms with Gasteiger partial charge in [-0.1, -0.05) is 26.7 Å². The van der Waals surface area contributed by atoms with Gasteiger partial charge in [-0.2, -0.15) is 0 Å². The average Bonchev–Trinajstić information content (AvgIpc) is 2.14. The molecule has 0 aromatic heterocycles. The molecule has 1 unspecified atom stereocenters. The first kappa shape index (κ1) is 13.1. The molecule has 0 N–H and O–H groups in total. The Bertz CT molecular complexity index is 189. The fraction of sp³-hybridized carbons (Fsp3) is 0.818. The van der Waals surface area contributed by atoms with Gasteiger partial charge in [-0.25, -0.2) is 0 Å². The summed E-state index contributed by atoms with van der Waals surface area (Å²) in [7, 11) is 0. The molecule has 14 heavy (non-hydrogen) atoms. The van der Waals surface area contributed by atoms with E-state index >= 15 is 0 Å². The Kier molecular flexibility index (Phi) is 6.17. The van der Waals surface area contributed by atoms with Gasteiger partial charge in [0.25, 0.3) is 0 Å². The van der Waals surface area contributed by atoms with Gasteiger partial charge in [-0.15, -0.1) is 0 Å². The van der Waals surface area contributed by atoms with Crippen molar-refractivity contribution in [3.8, 4) is 0 Å². The van der Waals surface area contributed by atoms with Crippen LogP contribution >= 0.6 is 0 Å². The van der Waals surface area contributed by atoms with Gasteiger partial charge in [0.05, 0.1) is 0 Å². The van der Waals surface area contributed by atoms with Crippen LogP contribution in [0, 0.1) is 0 Å². The van der Waals surface area contributed by atoms with E-state index in [0.29, 0.717) is 12.8 Å². The largest absolute Gasteiger partial charge is 0.452 e. The maximum atomic E-state index is 11.0. The maximum Gasteiger partial charge on any atom is 0.303 e. The van der Waals surface area contributed by atoms with Gasteiger partial charge in [0.1, 0.15) is 0 Å². The SMILES string of the molecule is CCCCC(C=O)(CCC)OC(C)=O. The van der Waals surface area contributed by atoms with E-state index in [0.717, 1.165) is 25.5 Å². The molecule has 0 amide bonds. The van der Waals surface area contributed by atoms with Crippen LogP contribution in [-0.4, -0.2) is 17.9 Å². The highest BCUT2D eigenvalue weighted by Gasteiger charge is 2.31. The Morgan fingerprint density at radius 2 is 1.93 bits per heavy atom. The number of hydrogen-bond acceptors (Lipinski definition) is 3. The first-order valence-electron chi connectivity index (χ1n) is 5.26. The highest BCUT2D eigenvalue weighted by Crippen LogP contribution is 2.23. The predicted molar refractivity (Wildman–Crippen MR) is 55.0 cm³/mol. The smallest absolute Gasteiger partial charge is 0.303 e. The van der Waals surface area contributed by atoms with Crippen LogP contribution in [0.3, 0.4) is 0 Å². The Hall–Kier alpha value is -0.860. The fourth-order valence-electron chi connectivity index (χ4n) is 1.55. The van der Waals surface area contributed by atoms with Gasteiger partial charge in [-0.05, 0) is 19.3 Å². The second-order valence-corrected chi connectivity index (χ2v) is 3.63. The van der Waals surface area contributed by atoms with Crippen LogP contribution < -0.4 is 0 Å². The van der Waals surface area contributed by atoms with Crippen molar-refractivity contribution in [2.75, 3.05) is 0 Å². The van der Waals surface area contributed by atoms with Gasteiger partial charge in [0, 0.05) is 6.92 Å². The molecule has 0 saturated carbocycles. The molecule has 0 aliphatic heterocycles. The lowest BCUT2D eigenvalue weighted by Gasteiger charge is -2.27. The van der Waals surface area contributed by atoms with Crippen LogP contribution in [0.2, 0.25) is 0 Å². The second kappa shape index (κ2) is 6.57. The van der Waals surface area contributed by atoms with Gasteiger partial charge in [0.2, 0.25) is 0 Å². The number of ether oxygens (including phenoxy) is 1. The summed E-state index contributed by atoms with van der Waals surface area (Å²) in [4.78, 5) is 21.9. The molecule has 0 aromatic carbocycles. The summed E-state index contributed by atoms with van der Waals surface area (Å²) >= 11 is 0. The Balaban J connectivity index is 4.41. The number of unbranched alkanes of at least 4 members (excludes halogenated alkanes) is 1. The maximum absolute atomic E-state index is 11.0. The van der Waals surface area contributed by atoms with Gasteiger partial charge < -0.3 is 4.74 Å². The lowest BCUT2D eigenvalue weighted by molar-refractivity contribution is -0.162. The van der Waals surface area contributed by atoms with Crippen molar-refractivity contribution in [3.63, 3.8) is 0 Å². The number of esters is 1. The molecule has 82 valence electrons. The van der Waals surface area contributed by atoms with E-state index in [-0.39, 0.29) is 5.97 Å². The molecule has 1 atom stereocenters. The Morgan fingerprint density at radius 3 is 2.29 bits per heavy atom. The minimum atomic E-state index is -0.864. The predicted octanol–water partition coefficient (Wildman–Crippen LogP) is 2.48. The number of rotatable bonds is 7. The van der Waals surface area contributed by atoms with Crippen LogP contribution in [0.1, 0.15) is 52.9 Å². The van der Waals surface area contributed by atoms with Gasteiger partial charge in [-0.3, -0.25) is 9.59 Å². The monoisotopic (exact) mass is 200 g/mol. The summed E-state index contributed by atoms with van der Waals surface area (Å²) in [6.45, 7) is 5.38. The minimum absolute atomic E-state index is 0.373. The summed E-state index contributed by atoms with van der Waals surface area (Å²) in [6, 6.07) is 0. The van der Waals surface area contributed by atoms with Crippen molar-refractivity contribution in [2.24, 2.45) is 0 Å². The highest BCUT2D eigenvalue weighted by atomic mass is 16.6. The molecular formula is C11H20O3. The number of hydrogen-bond donors (Lipinski definition) is 0. The molecule has 0 radical (unpaired) electrons. The second-order valence-electron chi connectivity index (χ2n) is 3.63. The van der Waals surface area contributed by atoms with Crippen LogP contribution in [0.15, 0.2) is 0 Å². The lowest BCUT2D eigenvalue weighted by atomic mass is 9.93. The normalized spacial score (nSPS) is 14.5. The van der Waals surface area contributed by atoms with Crippen molar-refractivity contribution in [1.29, 1.82) is 0 Å². The van der Waals surface area contributed by atoms with E-state index in [1.165, 1.54) is 6.92 Å². The van der Waals surface area contributed by atoms with Crippen LogP contribution in [0.4, 0.5) is 0 Å². The number of carbonyl (C=O) groups is 2. The molecular weight excluding hydrogens is 180 g/mol. The molecule has 0 spiro atoms. The Labute approximate surface area is 85.8 Å². The third kappa shape index (κ3) is 4.40. The van der Waals surface area contributed by atoms with E-state index in [1.54, 1.807) is 0 Å². The van der Waals surface area contributed by atoms with E-state index in [9.17, 15) is 9.59 Å². The summed E-state index contributed by atoms with van der Waals surface area (Å²) in [5, 5.41) is 0. The van der Waals surface area contributed by atoms with E-state index in [1.807, 2.05) is 6.92 Å². The standard InChI is InChI=1S/C11H20O3/c1-4-6-8-11(9-12,7-5-2)14-10(3)13/h9H,4-8H2,1-3H3. The Morgan fingerprint density at radius 1 is 1.29 bits per heavy atom. The zero-order chi connectivity index (χ0) is 11.0. The van der Waals surface area contributed by atoms with Crippen molar-refractivity contribution >= 4 is 12.3 Å². The summed E-state index contributed by atoms with van der Waals surface area (Å²) in [5.74, 6) is -0.373.